The highest BCUT2D eigenvalue weighted by Gasteiger charge is 2.48. The van der Waals surface area contributed by atoms with Crippen molar-refractivity contribution in [3.05, 3.63) is 35.1 Å². The highest BCUT2D eigenvalue weighted by molar-refractivity contribution is 5.96. The zero-order valence-corrected chi connectivity index (χ0v) is 14.5. The van der Waals surface area contributed by atoms with Gasteiger partial charge in [0.1, 0.15) is 11.4 Å². The Kier molecular flexibility index (Phi) is 4.01. The third kappa shape index (κ3) is 2.97. The van der Waals surface area contributed by atoms with Crippen LogP contribution in [0.5, 0.6) is 0 Å². The van der Waals surface area contributed by atoms with Crippen LogP contribution in [0.2, 0.25) is 0 Å². The molecule has 1 aromatic carbocycles. The maximum Gasteiger partial charge on any atom is 0.410 e. The molecule has 0 N–H and O–H groups in total. The number of hydrogen-bond donors (Lipinski definition) is 0. The van der Waals surface area contributed by atoms with E-state index in [9.17, 15) is 14.0 Å². The van der Waals surface area contributed by atoms with Crippen LogP contribution in [0.3, 0.4) is 0 Å². The van der Waals surface area contributed by atoms with Gasteiger partial charge in [0, 0.05) is 18.7 Å². The minimum Gasteiger partial charge on any atom is -0.444 e. The van der Waals surface area contributed by atoms with Gasteiger partial charge in [0.25, 0.3) is 5.91 Å². The molecule has 0 aromatic heterocycles. The van der Waals surface area contributed by atoms with Crippen LogP contribution in [0.15, 0.2) is 18.2 Å². The van der Waals surface area contributed by atoms with Gasteiger partial charge in [0.2, 0.25) is 0 Å². The van der Waals surface area contributed by atoms with Crippen LogP contribution in [-0.4, -0.2) is 52.6 Å². The third-order valence-electron chi connectivity index (χ3n) is 4.63. The second-order valence-corrected chi connectivity index (χ2v) is 7.55. The smallest absolute Gasteiger partial charge is 0.410 e. The van der Waals surface area contributed by atoms with Crippen molar-refractivity contribution in [3.8, 4) is 0 Å². The van der Waals surface area contributed by atoms with Crippen molar-refractivity contribution in [2.24, 2.45) is 0 Å². The van der Waals surface area contributed by atoms with Gasteiger partial charge in [-0.05, 0) is 51.8 Å². The Morgan fingerprint density at radius 3 is 2.38 bits per heavy atom. The molecule has 130 valence electrons. The first kappa shape index (κ1) is 16.7. The zero-order chi connectivity index (χ0) is 17.6. The number of hydrogen-bond acceptors (Lipinski definition) is 3. The number of carbonyl (C=O) groups excluding carboxylic acids is 2. The number of likely N-dealkylation sites (tertiary alicyclic amines) is 2. The lowest BCUT2D eigenvalue weighted by Gasteiger charge is -2.35. The minimum absolute atomic E-state index is 0.0253. The second-order valence-electron chi connectivity index (χ2n) is 7.55. The molecule has 2 fully saturated rings. The molecule has 5 nitrogen and oxygen atoms in total. The van der Waals surface area contributed by atoms with Crippen molar-refractivity contribution in [2.45, 2.75) is 51.8 Å². The molecule has 3 rings (SSSR count). The minimum atomic E-state index is -0.535. The van der Waals surface area contributed by atoms with Crippen molar-refractivity contribution in [2.75, 3.05) is 13.1 Å². The quantitative estimate of drug-likeness (QED) is 0.793. The molecule has 0 radical (unpaired) electrons. The summed E-state index contributed by atoms with van der Waals surface area (Å²) in [6.07, 6.45) is 0.420. The first-order valence-electron chi connectivity index (χ1n) is 8.23. The summed E-state index contributed by atoms with van der Waals surface area (Å²) in [5, 5.41) is 0. The molecule has 0 saturated carbocycles. The van der Waals surface area contributed by atoms with Gasteiger partial charge < -0.3 is 14.5 Å². The number of ether oxygens (including phenoxy) is 1. The molecule has 2 heterocycles. The lowest BCUT2D eigenvalue weighted by Crippen LogP contribution is -2.51. The number of nitrogens with zero attached hydrogens (tertiary/aromatic N) is 2. The first-order chi connectivity index (χ1) is 11.2. The Balaban J connectivity index is 1.70. The molecule has 6 heteroatoms. The van der Waals surface area contributed by atoms with Crippen molar-refractivity contribution in [1.29, 1.82) is 0 Å². The fraction of sp³-hybridized carbons (Fsp3) is 0.556. The predicted octanol–water partition coefficient (Wildman–Crippen LogP) is 2.97. The lowest BCUT2D eigenvalue weighted by molar-refractivity contribution is 0.0126. The monoisotopic (exact) mass is 334 g/mol. The summed E-state index contributed by atoms with van der Waals surface area (Å²) in [6.45, 7) is 8.06. The third-order valence-corrected chi connectivity index (χ3v) is 4.63. The largest absolute Gasteiger partial charge is 0.444 e. The molecule has 2 aliphatic rings. The summed E-state index contributed by atoms with van der Waals surface area (Å²) in [4.78, 5) is 28.5. The van der Waals surface area contributed by atoms with Crippen LogP contribution in [0, 0.1) is 12.7 Å². The van der Waals surface area contributed by atoms with Crippen LogP contribution in [0.4, 0.5) is 9.18 Å². The SMILES string of the molecule is Cc1c(F)cccc1C(=O)N1CC2CC1CN2C(=O)OC(C)(C)C. The molecule has 2 aliphatic heterocycles. The molecule has 24 heavy (non-hydrogen) atoms. The topological polar surface area (TPSA) is 49.9 Å². The molecule has 0 aliphatic carbocycles. The highest BCUT2D eigenvalue weighted by atomic mass is 19.1. The summed E-state index contributed by atoms with van der Waals surface area (Å²) in [5.41, 5.74) is 0.230. The average molecular weight is 334 g/mol. The van der Waals surface area contributed by atoms with Crippen molar-refractivity contribution < 1.29 is 18.7 Å². The van der Waals surface area contributed by atoms with Crippen molar-refractivity contribution >= 4 is 12.0 Å². The van der Waals surface area contributed by atoms with E-state index in [1.165, 1.54) is 6.07 Å². The molecular formula is C18H23FN2O3. The molecular weight excluding hydrogens is 311 g/mol. The highest BCUT2D eigenvalue weighted by Crippen LogP contribution is 2.33. The molecule has 2 bridgehead atoms. The van der Waals surface area contributed by atoms with E-state index >= 15 is 0 Å². The van der Waals surface area contributed by atoms with E-state index < -0.39 is 5.60 Å². The number of halogens is 1. The van der Waals surface area contributed by atoms with Crippen molar-refractivity contribution in [1.82, 2.24) is 9.80 Å². The van der Waals surface area contributed by atoms with E-state index in [4.69, 9.17) is 4.74 Å². The summed E-state index contributed by atoms with van der Waals surface area (Å²) >= 11 is 0. The van der Waals surface area contributed by atoms with E-state index in [0.717, 1.165) is 6.42 Å². The van der Waals surface area contributed by atoms with Gasteiger partial charge in [0.05, 0.1) is 12.1 Å². The fourth-order valence-corrected chi connectivity index (χ4v) is 3.45. The molecule has 2 unspecified atom stereocenters. The first-order valence-corrected chi connectivity index (χ1v) is 8.23. The lowest BCUT2D eigenvalue weighted by atomic mass is 10.1. The number of fused-ring (bicyclic) bond motifs is 2. The number of benzene rings is 1. The fourth-order valence-electron chi connectivity index (χ4n) is 3.45. The number of rotatable bonds is 1. The van der Waals surface area contributed by atoms with Crippen LogP contribution in [0.1, 0.15) is 43.1 Å². The summed E-state index contributed by atoms with van der Waals surface area (Å²) in [7, 11) is 0. The summed E-state index contributed by atoms with van der Waals surface area (Å²) in [6, 6.07) is 4.50. The molecule has 2 atom stereocenters. The molecule has 2 amide bonds. The Morgan fingerprint density at radius 1 is 1.17 bits per heavy atom. The van der Waals surface area contributed by atoms with Gasteiger partial charge in [-0.1, -0.05) is 6.07 Å². The normalized spacial score (nSPS) is 22.9. The maximum atomic E-state index is 13.7. The van der Waals surface area contributed by atoms with Crippen LogP contribution >= 0.6 is 0 Å². The van der Waals surface area contributed by atoms with E-state index in [-0.39, 0.29) is 29.9 Å². The van der Waals surface area contributed by atoms with E-state index in [0.29, 0.717) is 24.2 Å². The Hall–Kier alpha value is -2.11. The summed E-state index contributed by atoms with van der Waals surface area (Å²) < 4.78 is 19.1. The number of amides is 2. The second kappa shape index (κ2) is 5.76. The van der Waals surface area contributed by atoms with Crippen LogP contribution in [0.25, 0.3) is 0 Å². The van der Waals surface area contributed by atoms with Crippen LogP contribution < -0.4 is 0 Å². The Morgan fingerprint density at radius 2 is 1.79 bits per heavy atom. The van der Waals surface area contributed by atoms with Crippen molar-refractivity contribution in [3.63, 3.8) is 0 Å². The zero-order valence-electron chi connectivity index (χ0n) is 14.5. The van der Waals surface area contributed by atoms with Gasteiger partial charge in [-0.25, -0.2) is 9.18 Å². The Labute approximate surface area is 141 Å². The van der Waals surface area contributed by atoms with Gasteiger partial charge in [-0.3, -0.25) is 4.79 Å². The molecule has 1 aromatic rings. The Bertz CT molecular complexity index is 683. The predicted molar refractivity (Wildman–Crippen MR) is 87.3 cm³/mol. The average Bonchev–Trinajstić information content (AvgIpc) is 3.08. The van der Waals surface area contributed by atoms with E-state index in [1.807, 2.05) is 20.8 Å². The number of piperazine rings is 1. The standard InChI is InChI=1S/C18H23FN2O3/c1-11-14(6-5-7-15(11)19)16(22)20-9-13-8-12(20)10-21(13)17(23)24-18(2,3)4/h5-7,12-13H,8-10H2,1-4H3. The van der Waals surface area contributed by atoms with E-state index in [2.05, 4.69) is 0 Å². The summed E-state index contributed by atoms with van der Waals surface area (Å²) in [5.74, 6) is -0.538. The van der Waals surface area contributed by atoms with Gasteiger partial charge in [-0.2, -0.15) is 0 Å². The molecule has 0 spiro atoms. The van der Waals surface area contributed by atoms with E-state index in [1.54, 1.807) is 28.9 Å². The van der Waals surface area contributed by atoms with Gasteiger partial charge in [0.15, 0.2) is 0 Å². The van der Waals surface area contributed by atoms with Crippen LogP contribution in [-0.2, 0) is 4.74 Å². The molecule has 2 saturated heterocycles. The number of carbonyl (C=O) groups is 2. The van der Waals surface area contributed by atoms with Gasteiger partial charge >= 0.3 is 6.09 Å². The maximum absolute atomic E-state index is 13.7. The van der Waals surface area contributed by atoms with Gasteiger partial charge in [-0.15, -0.1) is 0 Å².